The third-order valence-corrected chi connectivity index (χ3v) is 4.58. The molecule has 7 heteroatoms. The second kappa shape index (κ2) is 8.47. The van der Waals surface area contributed by atoms with Gasteiger partial charge in [0.15, 0.2) is 0 Å². The first-order valence-electron chi connectivity index (χ1n) is 9.47. The van der Waals surface area contributed by atoms with Gasteiger partial charge in [-0.2, -0.15) is 0 Å². The number of hydrogen-bond acceptors (Lipinski definition) is 3. The van der Waals surface area contributed by atoms with Crippen LogP contribution in [0.2, 0.25) is 0 Å². The van der Waals surface area contributed by atoms with Crippen LogP contribution in [0.3, 0.4) is 0 Å². The molecule has 4 nitrogen and oxygen atoms in total. The lowest BCUT2D eigenvalue weighted by molar-refractivity contribution is -0.274. The second-order valence-corrected chi connectivity index (χ2v) is 6.85. The van der Waals surface area contributed by atoms with Gasteiger partial charge in [0.25, 0.3) is 0 Å². The summed E-state index contributed by atoms with van der Waals surface area (Å²) in [5.41, 5.74) is 2.99. The molecule has 0 aliphatic rings. The number of nitrogens with zero attached hydrogens (tertiary/aromatic N) is 1. The van der Waals surface area contributed by atoms with Gasteiger partial charge in [0, 0.05) is 16.6 Å². The number of carbonyl (C=O) groups excluding carboxylic acids is 1. The summed E-state index contributed by atoms with van der Waals surface area (Å²) in [6, 6.07) is 23.8. The molecule has 0 saturated carbocycles. The molecule has 0 bridgehead atoms. The van der Waals surface area contributed by atoms with Gasteiger partial charge in [-0.05, 0) is 35.9 Å². The minimum absolute atomic E-state index is 0.111. The highest BCUT2D eigenvalue weighted by Crippen LogP contribution is 2.29. The van der Waals surface area contributed by atoms with Crippen LogP contribution in [0.1, 0.15) is 5.56 Å². The average Bonchev–Trinajstić information content (AvgIpc) is 2.73. The standard InChI is InChI=1S/C24H17F3N2O2/c25-24(26,27)31-20-11-5-7-17(14-20)21-13-12-16-6-4-8-18(23(16)29-21)15-22(30)28-19-9-2-1-3-10-19/h1-14H,15H2,(H,28,30). The summed E-state index contributed by atoms with van der Waals surface area (Å²) in [6.45, 7) is 0. The van der Waals surface area contributed by atoms with E-state index in [1.807, 2.05) is 42.5 Å². The number of amides is 1. The Hall–Kier alpha value is -3.87. The van der Waals surface area contributed by atoms with Crippen molar-refractivity contribution in [2.24, 2.45) is 0 Å². The van der Waals surface area contributed by atoms with E-state index in [4.69, 9.17) is 0 Å². The van der Waals surface area contributed by atoms with E-state index in [1.54, 1.807) is 24.3 Å². The molecule has 1 N–H and O–H groups in total. The van der Waals surface area contributed by atoms with Gasteiger partial charge in [-0.25, -0.2) is 4.98 Å². The largest absolute Gasteiger partial charge is 0.573 e. The molecule has 4 rings (SSSR count). The molecule has 0 aliphatic carbocycles. The van der Waals surface area contributed by atoms with Crippen molar-refractivity contribution >= 4 is 22.5 Å². The summed E-state index contributed by atoms with van der Waals surface area (Å²) in [6.07, 6.45) is -4.66. The Morgan fingerprint density at radius 1 is 0.903 bits per heavy atom. The number of carbonyl (C=O) groups is 1. The van der Waals surface area contributed by atoms with Gasteiger partial charge >= 0.3 is 6.36 Å². The molecular weight excluding hydrogens is 405 g/mol. The Kier molecular flexibility index (Phi) is 5.58. The zero-order valence-corrected chi connectivity index (χ0v) is 16.2. The smallest absolute Gasteiger partial charge is 0.406 e. The normalized spacial score (nSPS) is 11.3. The Balaban J connectivity index is 1.63. The summed E-state index contributed by atoms with van der Waals surface area (Å²) in [7, 11) is 0. The van der Waals surface area contributed by atoms with Crippen LogP contribution in [0.4, 0.5) is 18.9 Å². The van der Waals surface area contributed by atoms with Crippen LogP contribution in [-0.2, 0) is 11.2 Å². The molecule has 0 spiro atoms. The van der Waals surface area contributed by atoms with Crippen LogP contribution in [0.25, 0.3) is 22.2 Å². The molecule has 0 unspecified atom stereocenters. The third-order valence-electron chi connectivity index (χ3n) is 4.58. The summed E-state index contributed by atoms with van der Waals surface area (Å²) in [4.78, 5) is 17.1. The lowest BCUT2D eigenvalue weighted by atomic mass is 10.0. The van der Waals surface area contributed by atoms with Gasteiger partial charge in [0.1, 0.15) is 5.75 Å². The molecule has 31 heavy (non-hydrogen) atoms. The molecule has 3 aromatic carbocycles. The lowest BCUT2D eigenvalue weighted by Gasteiger charge is -2.11. The first-order chi connectivity index (χ1) is 14.9. The predicted molar refractivity (Wildman–Crippen MR) is 113 cm³/mol. The van der Waals surface area contributed by atoms with Crippen LogP contribution < -0.4 is 10.1 Å². The number of para-hydroxylation sites is 2. The molecule has 1 amide bonds. The molecule has 1 heterocycles. The summed E-state index contributed by atoms with van der Waals surface area (Å²) >= 11 is 0. The number of anilines is 1. The number of rotatable bonds is 5. The van der Waals surface area contributed by atoms with Crippen molar-refractivity contribution in [2.75, 3.05) is 5.32 Å². The van der Waals surface area contributed by atoms with Crippen molar-refractivity contribution in [3.05, 3.63) is 90.5 Å². The fourth-order valence-electron chi connectivity index (χ4n) is 3.26. The molecule has 156 valence electrons. The Morgan fingerprint density at radius 3 is 2.45 bits per heavy atom. The van der Waals surface area contributed by atoms with E-state index in [1.165, 1.54) is 18.2 Å². The number of alkyl halides is 3. The molecule has 0 aliphatic heterocycles. The van der Waals surface area contributed by atoms with Crippen molar-refractivity contribution in [3.63, 3.8) is 0 Å². The number of nitrogens with one attached hydrogen (secondary N) is 1. The number of aromatic nitrogens is 1. The Bertz CT molecular complexity index is 1220. The van der Waals surface area contributed by atoms with Crippen LogP contribution in [-0.4, -0.2) is 17.3 Å². The van der Waals surface area contributed by atoms with E-state index < -0.39 is 6.36 Å². The number of hydrogen-bond donors (Lipinski definition) is 1. The van der Waals surface area contributed by atoms with Gasteiger partial charge in [-0.15, -0.1) is 13.2 Å². The number of benzene rings is 3. The fraction of sp³-hybridized carbons (Fsp3) is 0.0833. The molecule has 1 aromatic heterocycles. The zero-order valence-electron chi connectivity index (χ0n) is 16.2. The van der Waals surface area contributed by atoms with Crippen LogP contribution in [0.15, 0.2) is 84.9 Å². The molecule has 4 aromatic rings. The fourth-order valence-corrected chi connectivity index (χ4v) is 3.26. The van der Waals surface area contributed by atoms with E-state index in [-0.39, 0.29) is 18.1 Å². The minimum Gasteiger partial charge on any atom is -0.406 e. The monoisotopic (exact) mass is 422 g/mol. The van der Waals surface area contributed by atoms with Gasteiger partial charge in [-0.1, -0.05) is 54.6 Å². The minimum atomic E-state index is -4.77. The quantitative estimate of drug-likeness (QED) is 0.430. The van der Waals surface area contributed by atoms with Crippen molar-refractivity contribution in [2.45, 2.75) is 12.8 Å². The molecular formula is C24H17F3N2O2. The van der Waals surface area contributed by atoms with Gasteiger partial charge in [0.2, 0.25) is 5.91 Å². The van der Waals surface area contributed by atoms with E-state index in [0.29, 0.717) is 22.5 Å². The number of ether oxygens (including phenoxy) is 1. The van der Waals surface area contributed by atoms with Crippen LogP contribution >= 0.6 is 0 Å². The first kappa shape index (κ1) is 20.4. The number of halogens is 3. The Labute approximate surface area is 176 Å². The van der Waals surface area contributed by atoms with Crippen LogP contribution in [0, 0.1) is 0 Å². The molecule has 0 atom stereocenters. The topological polar surface area (TPSA) is 51.2 Å². The van der Waals surface area contributed by atoms with Gasteiger partial charge in [-0.3, -0.25) is 4.79 Å². The first-order valence-corrected chi connectivity index (χ1v) is 9.47. The molecule has 0 fully saturated rings. The highest BCUT2D eigenvalue weighted by atomic mass is 19.4. The second-order valence-electron chi connectivity index (χ2n) is 6.85. The summed E-state index contributed by atoms with van der Waals surface area (Å²) < 4.78 is 41.6. The van der Waals surface area contributed by atoms with Gasteiger partial charge in [0.05, 0.1) is 17.6 Å². The van der Waals surface area contributed by atoms with E-state index in [9.17, 15) is 18.0 Å². The summed E-state index contributed by atoms with van der Waals surface area (Å²) in [5.74, 6) is -0.506. The summed E-state index contributed by atoms with van der Waals surface area (Å²) in [5, 5.41) is 3.67. The average molecular weight is 422 g/mol. The van der Waals surface area contributed by atoms with Crippen LogP contribution in [0.5, 0.6) is 5.75 Å². The zero-order chi connectivity index (χ0) is 21.8. The molecule has 0 radical (unpaired) electrons. The van der Waals surface area contributed by atoms with Crippen molar-refractivity contribution in [1.82, 2.24) is 4.98 Å². The van der Waals surface area contributed by atoms with Crippen molar-refractivity contribution in [1.29, 1.82) is 0 Å². The highest BCUT2D eigenvalue weighted by molar-refractivity contribution is 5.95. The number of pyridine rings is 1. The maximum Gasteiger partial charge on any atom is 0.573 e. The maximum absolute atomic E-state index is 12.5. The third kappa shape index (κ3) is 5.19. The van der Waals surface area contributed by atoms with Crippen molar-refractivity contribution in [3.8, 4) is 17.0 Å². The number of fused-ring (bicyclic) bond motifs is 1. The van der Waals surface area contributed by atoms with Crippen molar-refractivity contribution < 1.29 is 22.7 Å². The van der Waals surface area contributed by atoms with E-state index >= 15 is 0 Å². The Morgan fingerprint density at radius 2 is 1.68 bits per heavy atom. The SMILES string of the molecule is O=C(Cc1cccc2ccc(-c3cccc(OC(F)(F)F)c3)nc12)Nc1ccccc1. The highest BCUT2D eigenvalue weighted by Gasteiger charge is 2.31. The van der Waals surface area contributed by atoms with E-state index in [2.05, 4.69) is 15.0 Å². The lowest BCUT2D eigenvalue weighted by Crippen LogP contribution is -2.17. The van der Waals surface area contributed by atoms with Gasteiger partial charge < -0.3 is 10.1 Å². The maximum atomic E-state index is 12.5. The van der Waals surface area contributed by atoms with E-state index in [0.717, 1.165) is 10.9 Å². The molecule has 0 saturated heterocycles. The predicted octanol–water partition coefficient (Wildman–Crippen LogP) is 5.98.